The van der Waals surface area contributed by atoms with Crippen LogP contribution >= 0.6 is 34.8 Å². The van der Waals surface area contributed by atoms with Gasteiger partial charge in [-0.15, -0.1) is 0 Å². The molecule has 1 aromatic heterocycles. The Bertz CT molecular complexity index is 1060. The molecule has 0 bridgehead atoms. The number of benzene rings is 2. The Hall–Kier alpha value is -2.05. The van der Waals surface area contributed by atoms with E-state index in [1.807, 2.05) is 19.1 Å². The Morgan fingerprint density at radius 3 is 2.30 bits per heavy atom. The second kappa shape index (κ2) is 8.98. The molecule has 0 unspecified atom stereocenters. The maximum Gasteiger partial charge on any atom is 0.293 e. The van der Waals surface area contributed by atoms with E-state index in [1.165, 1.54) is 6.42 Å². The lowest BCUT2D eigenvalue weighted by atomic mass is 10.1. The Balaban J connectivity index is 1.72. The predicted octanol–water partition coefficient (Wildman–Crippen LogP) is 6.19. The van der Waals surface area contributed by atoms with Gasteiger partial charge in [0.2, 0.25) is 0 Å². The van der Waals surface area contributed by atoms with Gasteiger partial charge in [0.05, 0.1) is 16.4 Å². The summed E-state index contributed by atoms with van der Waals surface area (Å²) in [5, 5.41) is 10.0. The minimum Gasteiger partial charge on any atom is -0.265 e. The van der Waals surface area contributed by atoms with Gasteiger partial charge in [0.1, 0.15) is 0 Å². The van der Waals surface area contributed by atoms with Gasteiger partial charge in [-0.05, 0) is 62.2 Å². The van der Waals surface area contributed by atoms with Crippen molar-refractivity contribution >= 4 is 46.4 Å². The van der Waals surface area contributed by atoms with Gasteiger partial charge in [-0.1, -0.05) is 41.2 Å². The molecule has 1 saturated heterocycles. The zero-order valence-corrected chi connectivity index (χ0v) is 18.8. The normalized spacial score (nSPS) is 14.7. The molecule has 2 heterocycles. The molecule has 1 fully saturated rings. The summed E-state index contributed by atoms with van der Waals surface area (Å²) in [6.07, 6.45) is 5.07. The van der Waals surface area contributed by atoms with Crippen LogP contribution in [0.5, 0.6) is 0 Å². The van der Waals surface area contributed by atoms with Crippen molar-refractivity contribution in [3.63, 3.8) is 0 Å². The quantitative estimate of drug-likeness (QED) is 0.463. The third kappa shape index (κ3) is 4.35. The van der Waals surface area contributed by atoms with Gasteiger partial charge in [0.15, 0.2) is 5.69 Å². The number of hydrogen-bond acceptors (Lipinski definition) is 3. The molecule has 0 aliphatic carbocycles. The van der Waals surface area contributed by atoms with Crippen LogP contribution in [0.2, 0.25) is 15.1 Å². The van der Waals surface area contributed by atoms with E-state index in [-0.39, 0.29) is 5.91 Å². The highest BCUT2D eigenvalue weighted by Crippen LogP contribution is 2.27. The van der Waals surface area contributed by atoms with Crippen molar-refractivity contribution in [3.05, 3.63) is 75.0 Å². The fourth-order valence-corrected chi connectivity index (χ4v) is 4.25. The summed E-state index contributed by atoms with van der Waals surface area (Å²) >= 11 is 18.4. The second-order valence-electron chi connectivity index (χ2n) is 7.31. The number of nitrogens with zero attached hydrogens (tertiary/aromatic N) is 4. The fourth-order valence-electron chi connectivity index (χ4n) is 3.63. The van der Waals surface area contributed by atoms with E-state index in [0.29, 0.717) is 26.4 Å². The van der Waals surface area contributed by atoms with E-state index in [9.17, 15) is 4.79 Å². The Labute approximate surface area is 190 Å². The summed E-state index contributed by atoms with van der Waals surface area (Å²) in [7, 11) is 0. The lowest BCUT2D eigenvalue weighted by Crippen LogP contribution is -2.49. The van der Waals surface area contributed by atoms with Crippen LogP contribution < -0.4 is 5.01 Å². The third-order valence-electron chi connectivity index (χ3n) is 5.14. The molecular weight excluding hydrogens is 443 g/mol. The number of carbonyl (C=O) groups excluding carboxylic acids is 1. The standard InChI is InChI=1S/C22H21Cl3N4O/c1-15-14-28(20-10-7-17(24)13-19(20)25)26-21(15)22(30)29(27-11-3-2-4-12-27)18-8-5-16(23)6-9-18/h5-10,13-14H,2-4,11-12H2,1H3. The van der Waals surface area contributed by atoms with E-state index in [1.54, 1.807) is 46.2 Å². The molecule has 8 heteroatoms. The molecule has 0 saturated carbocycles. The van der Waals surface area contributed by atoms with E-state index in [4.69, 9.17) is 34.8 Å². The average molecular weight is 464 g/mol. The molecule has 30 heavy (non-hydrogen) atoms. The van der Waals surface area contributed by atoms with E-state index in [2.05, 4.69) is 10.1 Å². The van der Waals surface area contributed by atoms with Gasteiger partial charge in [0.25, 0.3) is 5.91 Å². The number of aromatic nitrogens is 2. The smallest absolute Gasteiger partial charge is 0.265 e. The van der Waals surface area contributed by atoms with Crippen molar-refractivity contribution in [1.82, 2.24) is 14.8 Å². The van der Waals surface area contributed by atoms with Crippen molar-refractivity contribution in [2.75, 3.05) is 18.1 Å². The first kappa shape index (κ1) is 21.2. The predicted molar refractivity (Wildman–Crippen MR) is 122 cm³/mol. The molecule has 2 aromatic carbocycles. The van der Waals surface area contributed by atoms with Gasteiger partial charge in [0, 0.05) is 34.9 Å². The highest BCUT2D eigenvalue weighted by atomic mass is 35.5. The van der Waals surface area contributed by atoms with Gasteiger partial charge in [-0.25, -0.2) is 14.7 Å². The molecule has 0 radical (unpaired) electrons. The van der Waals surface area contributed by atoms with Crippen molar-refractivity contribution < 1.29 is 4.79 Å². The molecule has 0 atom stereocenters. The van der Waals surface area contributed by atoms with Crippen LogP contribution in [0.3, 0.4) is 0 Å². The van der Waals surface area contributed by atoms with Gasteiger partial charge < -0.3 is 0 Å². The van der Waals surface area contributed by atoms with Crippen LogP contribution in [0.25, 0.3) is 5.69 Å². The monoisotopic (exact) mass is 462 g/mol. The fraction of sp³-hybridized carbons (Fsp3) is 0.273. The number of hydrazine groups is 1. The summed E-state index contributed by atoms with van der Waals surface area (Å²) in [5.41, 5.74) is 2.58. The van der Waals surface area contributed by atoms with Crippen LogP contribution in [-0.2, 0) is 0 Å². The number of anilines is 1. The first-order valence-corrected chi connectivity index (χ1v) is 10.9. The van der Waals surface area contributed by atoms with Crippen LogP contribution in [-0.4, -0.2) is 33.8 Å². The van der Waals surface area contributed by atoms with E-state index in [0.717, 1.165) is 37.2 Å². The van der Waals surface area contributed by atoms with Gasteiger partial charge in [-0.3, -0.25) is 4.79 Å². The number of carbonyl (C=O) groups is 1. The molecule has 1 amide bonds. The first-order chi connectivity index (χ1) is 14.4. The van der Waals surface area contributed by atoms with Crippen molar-refractivity contribution in [2.45, 2.75) is 26.2 Å². The van der Waals surface area contributed by atoms with Gasteiger partial charge in [-0.2, -0.15) is 5.10 Å². The summed E-state index contributed by atoms with van der Waals surface area (Å²) in [4.78, 5) is 13.7. The van der Waals surface area contributed by atoms with Crippen LogP contribution in [0.15, 0.2) is 48.7 Å². The van der Waals surface area contributed by atoms with E-state index < -0.39 is 0 Å². The molecule has 3 aromatic rings. The van der Waals surface area contributed by atoms with Crippen LogP contribution in [0, 0.1) is 6.92 Å². The summed E-state index contributed by atoms with van der Waals surface area (Å²) in [6, 6.07) is 12.5. The number of halogens is 3. The number of piperidine rings is 1. The molecule has 5 nitrogen and oxygen atoms in total. The second-order valence-corrected chi connectivity index (χ2v) is 8.59. The maximum atomic E-state index is 13.7. The summed E-state index contributed by atoms with van der Waals surface area (Å²) in [6.45, 7) is 3.51. The van der Waals surface area contributed by atoms with Crippen LogP contribution in [0.4, 0.5) is 5.69 Å². The Morgan fingerprint density at radius 2 is 1.63 bits per heavy atom. The maximum absolute atomic E-state index is 13.7. The molecule has 4 rings (SSSR count). The van der Waals surface area contributed by atoms with Crippen molar-refractivity contribution in [2.24, 2.45) is 0 Å². The minimum absolute atomic E-state index is 0.180. The molecule has 156 valence electrons. The third-order valence-corrected chi connectivity index (χ3v) is 5.92. The van der Waals surface area contributed by atoms with Crippen molar-refractivity contribution in [1.29, 1.82) is 0 Å². The Kier molecular flexibility index (Phi) is 6.34. The molecule has 1 aliphatic heterocycles. The van der Waals surface area contributed by atoms with Gasteiger partial charge >= 0.3 is 0 Å². The summed E-state index contributed by atoms with van der Waals surface area (Å²) in [5.74, 6) is -0.180. The number of rotatable bonds is 4. The molecular formula is C22H21Cl3N4O. The zero-order valence-electron chi connectivity index (χ0n) is 16.5. The van der Waals surface area contributed by atoms with E-state index >= 15 is 0 Å². The minimum atomic E-state index is -0.180. The lowest BCUT2D eigenvalue weighted by molar-refractivity contribution is 0.0866. The molecule has 0 N–H and O–H groups in total. The molecule has 1 aliphatic rings. The summed E-state index contributed by atoms with van der Waals surface area (Å²) < 4.78 is 1.62. The molecule has 0 spiro atoms. The first-order valence-electron chi connectivity index (χ1n) is 9.80. The highest BCUT2D eigenvalue weighted by Gasteiger charge is 2.29. The highest BCUT2D eigenvalue weighted by molar-refractivity contribution is 6.35. The number of hydrogen-bond donors (Lipinski definition) is 0. The number of aryl methyl sites for hydroxylation is 1. The van der Waals surface area contributed by atoms with Crippen LogP contribution in [0.1, 0.15) is 35.3 Å². The lowest BCUT2D eigenvalue weighted by Gasteiger charge is -2.37. The Morgan fingerprint density at radius 1 is 0.967 bits per heavy atom. The number of amides is 1. The largest absolute Gasteiger partial charge is 0.293 e. The van der Waals surface area contributed by atoms with Crippen molar-refractivity contribution in [3.8, 4) is 5.69 Å². The topological polar surface area (TPSA) is 41.4 Å². The SMILES string of the molecule is Cc1cn(-c2ccc(Cl)cc2Cl)nc1C(=O)N(c1ccc(Cl)cc1)N1CCCCC1. The average Bonchev–Trinajstić information content (AvgIpc) is 3.11. The zero-order chi connectivity index (χ0) is 21.3.